The maximum atomic E-state index is 5.52. The van der Waals surface area contributed by atoms with Gasteiger partial charge in [0.25, 0.3) is 0 Å². The summed E-state index contributed by atoms with van der Waals surface area (Å²) in [5.74, 6) is 9.66. The van der Waals surface area contributed by atoms with E-state index in [1.54, 1.807) is 0 Å². The minimum Gasteiger partial charge on any atom is -0.356 e. The molecular formula is C14H25N5. The topological polar surface area (TPSA) is 67.1 Å². The van der Waals surface area contributed by atoms with Gasteiger partial charge >= 0.3 is 0 Å². The van der Waals surface area contributed by atoms with E-state index in [2.05, 4.69) is 34.1 Å². The molecule has 5 nitrogen and oxygen atoms in total. The van der Waals surface area contributed by atoms with Gasteiger partial charge in [-0.3, -0.25) is 0 Å². The van der Waals surface area contributed by atoms with Crippen molar-refractivity contribution in [3.63, 3.8) is 0 Å². The fourth-order valence-electron chi connectivity index (χ4n) is 2.84. The summed E-state index contributed by atoms with van der Waals surface area (Å²) < 4.78 is 0. The smallest absolute Gasteiger partial charge is 0.148 e. The van der Waals surface area contributed by atoms with Crippen LogP contribution in [-0.4, -0.2) is 23.1 Å². The SMILES string of the molecule is Cc1nc(NN)c(C)c(N2CCC(C(C)C)CC2)n1. The van der Waals surface area contributed by atoms with Gasteiger partial charge in [0, 0.05) is 18.7 Å². The van der Waals surface area contributed by atoms with E-state index in [9.17, 15) is 0 Å². The first kappa shape index (κ1) is 14.1. The fourth-order valence-corrected chi connectivity index (χ4v) is 2.84. The number of aryl methyl sites for hydroxylation is 1. The molecule has 0 amide bonds. The van der Waals surface area contributed by atoms with E-state index >= 15 is 0 Å². The maximum absolute atomic E-state index is 5.52. The molecule has 3 N–H and O–H groups in total. The summed E-state index contributed by atoms with van der Waals surface area (Å²) in [7, 11) is 0. The van der Waals surface area contributed by atoms with Gasteiger partial charge < -0.3 is 10.3 Å². The van der Waals surface area contributed by atoms with Crippen molar-refractivity contribution in [2.24, 2.45) is 17.7 Å². The van der Waals surface area contributed by atoms with E-state index in [4.69, 9.17) is 5.84 Å². The van der Waals surface area contributed by atoms with E-state index < -0.39 is 0 Å². The lowest BCUT2D eigenvalue weighted by molar-refractivity contribution is 0.310. The minimum absolute atomic E-state index is 0.730. The lowest BCUT2D eigenvalue weighted by Crippen LogP contribution is -2.36. The van der Waals surface area contributed by atoms with Gasteiger partial charge in [-0.15, -0.1) is 0 Å². The highest BCUT2D eigenvalue weighted by Crippen LogP contribution is 2.30. The van der Waals surface area contributed by atoms with Crippen LogP contribution in [0.15, 0.2) is 0 Å². The van der Waals surface area contributed by atoms with Crippen LogP contribution in [0.25, 0.3) is 0 Å². The molecule has 1 aliphatic rings. The van der Waals surface area contributed by atoms with Crippen molar-refractivity contribution < 1.29 is 0 Å². The predicted molar refractivity (Wildman–Crippen MR) is 79.1 cm³/mol. The Balaban J connectivity index is 2.17. The molecule has 0 unspecified atom stereocenters. The first-order chi connectivity index (χ1) is 9.02. The number of nitrogens with zero attached hydrogens (tertiary/aromatic N) is 3. The van der Waals surface area contributed by atoms with Crippen LogP contribution in [0, 0.1) is 25.7 Å². The van der Waals surface area contributed by atoms with Crippen LogP contribution in [0.2, 0.25) is 0 Å². The van der Waals surface area contributed by atoms with Gasteiger partial charge in [-0.05, 0) is 38.5 Å². The Hall–Kier alpha value is -1.36. The highest BCUT2D eigenvalue weighted by atomic mass is 15.3. The van der Waals surface area contributed by atoms with Gasteiger partial charge in [-0.1, -0.05) is 13.8 Å². The molecule has 0 saturated carbocycles. The summed E-state index contributed by atoms with van der Waals surface area (Å²) in [6, 6.07) is 0. The van der Waals surface area contributed by atoms with Crippen molar-refractivity contribution in [3.8, 4) is 0 Å². The molecule has 1 fully saturated rings. The third kappa shape index (κ3) is 2.97. The summed E-state index contributed by atoms with van der Waals surface area (Å²) in [6.45, 7) is 10.7. The van der Waals surface area contributed by atoms with Crippen molar-refractivity contribution in [2.75, 3.05) is 23.4 Å². The zero-order chi connectivity index (χ0) is 14.0. The van der Waals surface area contributed by atoms with E-state index in [0.717, 1.165) is 47.9 Å². The molecule has 2 heterocycles. The first-order valence-corrected chi connectivity index (χ1v) is 7.09. The number of nitrogens with one attached hydrogen (secondary N) is 1. The monoisotopic (exact) mass is 263 g/mol. The molecule has 0 aromatic carbocycles. The number of hydrogen-bond acceptors (Lipinski definition) is 5. The number of piperidine rings is 1. The maximum Gasteiger partial charge on any atom is 0.148 e. The molecule has 2 rings (SSSR count). The quantitative estimate of drug-likeness (QED) is 0.647. The standard InChI is InChI=1S/C14H25N5/c1-9(2)12-5-7-19(8-6-12)14-10(3)13(18-15)16-11(4)17-14/h9,12H,5-8,15H2,1-4H3,(H,16,17,18). The molecule has 5 heteroatoms. The largest absolute Gasteiger partial charge is 0.356 e. The van der Waals surface area contributed by atoms with E-state index in [1.807, 2.05) is 13.8 Å². The zero-order valence-corrected chi connectivity index (χ0v) is 12.4. The number of nitrogen functional groups attached to an aromatic ring is 1. The number of anilines is 2. The molecule has 0 spiro atoms. The van der Waals surface area contributed by atoms with Crippen LogP contribution in [0.4, 0.5) is 11.6 Å². The highest BCUT2D eigenvalue weighted by Gasteiger charge is 2.24. The van der Waals surface area contributed by atoms with Crippen molar-refractivity contribution in [1.29, 1.82) is 0 Å². The molecule has 1 aromatic heterocycles. The van der Waals surface area contributed by atoms with Crippen molar-refractivity contribution in [2.45, 2.75) is 40.5 Å². The summed E-state index contributed by atoms with van der Waals surface area (Å²) in [6.07, 6.45) is 2.48. The molecule has 0 aliphatic carbocycles. The molecule has 1 aliphatic heterocycles. The van der Waals surface area contributed by atoms with Gasteiger partial charge in [-0.2, -0.15) is 0 Å². The highest BCUT2D eigenvalue weighted by molar-refractivity contribution is 5.58. The second-order valence-corrected chi connectivity index (χ2v) is 5.78. The van der Waals surface area contributed by atoms with E-state index in [0.29, 0.717) is 0 Å². The van der Waals surface area contributed by atoms with Crippen molar-refractivity contribution >= 4 is 11.6 Å². The summed E-state index contributed by atoms with van der Waals surface area (Å²) in [5.41, 5.74) is 3.70. The molecule has 19 heavy (non-hydrogen) atoms. The lowest BCUT2D eigenvalue weighted by atomic mass is 9.86. The first-order valence-electron chi connectivity index (χ1n) is 7.09. The summed E-state index contributed by atoms with van der Waals surface area (Å²) in [5, 5.41) is 0. The van der Waals surface area contributed by atoms with Gasteiger partial charge in [0.2, 0.25) is 0 Å². The van der Waals surface area contributed by atoms with Crippen molar-refractivity contribution in [3.05, 3.63) is 11.4 Å². The Morgan fingerprint density at radius 1 is 1.21 bits per heavy atom. The Morgan fingerprint density at radius 3 is 2.37 bits per heavy atom. The number of nitrogens with two attached hydrogens (primary N) is 1. The summed E-state index contributed by atoms with van der Waals surface area (Å²) >= 11 is 0. The molecule has 1 saturated heterocycles. The minimum atomic E-state index is 0.730. The molecule has 0 bridgehead atoms. The number of hydrazine groups is 1. The second-order valence-electron chi connectivity index (χ2n) is 5.78. The van der Waals surface area contributed by atoms with Gasteiger partial charge in [0.15, 0.2) is 0 Å². The molecule has 106 valence electrons. The second kappa shape index (κ2) is 5.74. The van der Waals surface area contributed by atoms with Crippen molar-refractivity contribution in [1.82, 2.24) is 9.97 Å². The van der Waals surface area contributed by atoms with Gasteiger partial charge in [-0.25, -0.2) is 15.8 Å². The average Bonchev–Trinajstić information content (AvgIpc) is 2.41. The fraction of sp³-hybridized carbons (Fsp3) is 0.714. The van der Waals surface area contributed by atoms with Crippen LogP contribution < -0.4 is 16.2 Å². The Kier molecular flexibility index (Phi) is 4.24. The average molecular weight is 263 g/mol. The third-order valence-corrected chi connectivity index (χ3v) is 4.15. The molecule has 0 radical (unpaired) electrons. The summed E-state index contributed by atoms with van der Waals surface area (Å²) in [4.78, 5) is 11.3. The van der Waals surface area contributed by atoms with Crippen LogP contribution >= 0.6 is 0 Å². The lowest BCUT2D eigenvalue weighted by Gasteiger charge is -2.35. The van der Waals surface area contributed by atoms with Crippen LogP contribution in [0.1, 0.15) is 38.1 Å². The Morgan fingerprint density at radius 2 is 1.84 bits per heavy atom. The number of hydrogen-bond donors (Lipinski definition) is 2. The third-order valence-electron chi connectivity index (χ3n) is 4.15. The van der Waals surface area contributed by atoms with Crippen LogP contribution in [0.5, 0.6) is 0 Å². The van der Waals surface area contributed by atoms with Gasteiger partial charge in [0.1, 0.15) is 17.5 Å². The van der Waals surface area contributed by atoms with Crippen LogP contribution in [-0.2, 0) is 0 Å². The van der Waals surface area contributed by atoms with E-state index in [1.165, 1.54) is 12.8 Å². The van der Waals surface area contributed by atoms with E-state index in [-0.39, 0.29) is 0 Å². The number of aromatic nitrogens is 2. The Bertz CT molecular complexity index is 436. The molecule has 1 aromatic rings. The van der Waals surface area contributed by atoms with Gasteiger partial charge in [0.05, 0.1) is 0 Å². The predicted octanol–water partition coefficient (Wildman–Crippen LogP) is 2.25. The molecular weight excluding hydrogens is 238 g/mol. The Labute approximate surface area is 115 Å². The molecule has 0 atom stereocenters. The zero-order valence-electron chi connectivity index (χ0n) is 12.4. The normalized spacial score (nSPS) is 17.1. The number of rotatable bonds is 3. The van der Waals surface area contributed by atoms with Crippen LogP contribution in [0.3, 0.4) is 0 Å².